The van der Waals surface area contributed by atoms with E-state index >= 15 is 0 Å². The first-order valence-electron chi connectivity index (χ1n) is 5.22. The lowest BCUT2D eigenvalue weighted by Crippen LogP contribution is -2.45. The summed E-state index contributed by atoms with van der Waals surface area (Å²) in [5.41, 5.74) is 5.34. The summed E-state index contributed by atoms with van der Waals surface area (Å²) in [5.74, 6) is 0.651. The molecule has 1 rings (SSSR count). The molecule has 1 saturated carbocycles. The maximum Gasteiger partial charge on any atom is 0.234 e. The number of likely N-dealkylation sites (N-methyl/N-ethyl adjacent to an activating group) is 1. The molecule has 0 heterocycles. The molecule has 0 aliphatic heterocycles. The summed E-state index contributed by atoms with van der Waals surface area (Å²) in [7, 11) is 0. The minimum absolute atomic E-state index is 0.0504. The molecule has 0 bridgehead atoms. The summed E-state index contributed by atoms with van der Waals surface area (Å²) < 4.78 is 0. The van der Waals surface area contributed by atoms with Gasteiger partial charge in [-0.05, 0) is 31.7 Å². The van der Waals surface area contributed by atoms with Crippen molar-refractivity contribution in [1.29, 1.82) is 0 Å². The van der Waals surface area contributed by atoms with Crippen molar-refractivity contribution in [1.82, 2.24) is 4.90 Å². The summed E-state index contributed by atoms with van der Waals surface area (Å²) >= 11 is 0. The fourth-order valence-electron chi connectivity index (χ4n) is 1.75. The minimum atomic E-state index is -0.176. The standard InChI is InChI=1S/C10H20N2O/c1-3-9(10(11)13)12(4-2)7-8-5-6-8/h8-9H,3-7H2,1-2H3,(H2,11,13). The fraction of sp³-hybridized carbons (Fsp3) is 0.900. The highest BCUT2D eigenvalue weighted by Crippen LogP contribution is 2.30. The number of rotatable bonds is 6. The monoisotopic (exact) mass is 184 g/mol. The van der Waals surface area contributed by atoms with Gasteiger partial charge in [-0.25, -0.2) is 0 Å². The molecule has 0 aromatic rings. The number of primary amides is 1. The van der Waals surface area contributed by atoms with Gasteiger partial charge >= 0.3 is 0 Å². The second-order valence-corrected chi connectivity index (χ2v) is 3.86. The third-order valence-electron chi connectivity index (χ3n) is 2.75. The number of amides is 1. The van der Waals surface area contributed by atoms with Crippen LogP contribution in [0.2, 0.25) is 0 Å². The molecule has 0 spiro atoms. The Labute approximate surface area is 80.3 Å². The van der Waals surface area contributed by atoms with Crippen molar-refractivity contribution in [3.8, 4) is 0 Å². The lowest BCUT2D eigenvalue weighted by Gasteiger charge is -2.27. The predicted octanol–water partition coefficient (Wildman–Crippen LogP) is 0.982. The van der Waals surface area contributed by atoms with E-state index in [0.717, 1.165) is 25.4 Å². The van der Waals surface area contributed by atoms with Crippen LogP contribution in [-0.4, -0.2) is 29.9 Å². The van der Waals surface area contributed by atoms with Crippen molar-refractivity contribution in [2.45, 2.75) is 39.2 Å². The van der Waals surface area contributed by atoms with Crippen LogP contribution < -0.4 is 5.73 Å². The summed E-state index contributed by atoms with van der Waals surface area (Å²) in [6.07, 6.45) is 3.48. The number of nitrogens with zero attached hydrogens (tertiary/aromatic N) is 1. The second-order valence-electron chi connectivity index (χ2n) is 3.86. The van der Waals surface area contributed by atoms with E-state index in [0.29, 0.717) is 0 Å². The molecular weight excluding hydrogens is 164 g/mol. The summed E-state index contributed by atoms with van der Waals surface area (Å²) in [5, 5.41) is 0. The number of nitrogens with two attached hydrogens (primary N) is 1. The van der Waals surface area contributed by atoms with Crippen LogP contribution in [0.15, 0.2) is 0 Å². The van der Waals surface area contributed by atoms with Gasteiger partial charge < -0.3 is 5.73 Å². The lowest BCUT2D eigenvalue weighted by atomic mass is 10.1. The van der Waals surface area contributed by atoms with Gasteiger partial charge in [0.2, 0.25) is 5.91 Å². The Morgan fingerprint density at radius 3 is 2.46 bits per heavy atom. The van der Waals surface area contributed by atoms with E-state index in [9.17, 15) is 4.79 Å². The predicted molar refractivity (Wildman–Crippen MR) is 53.2 cm³/mol. The molecule has 2 N–H and O–H groups in total. The van der Waals surface area contributed by atoms with E-state index in [2.05, 4.69) is 11.8 Å². The zero-order chi connectivity index (χ0) is 9.84. The molecule has 13 heavy (non-hydrogen) atoms. The maximum atomic E-state index is 11.1. The molecule has 76 valence electrons. The van der Waals surface area contributed by atoms with E-state index < -0.39 is 0 Å². The molecule has 3 heteroatoms. The van der Waals surface area contributed by atoms with Gasteiger partial charge in [-0.2, -0.15) is 0 Å². The Kier molecular flexibility index (Phi) is 3.72. The highest BCUT2D eigenvalue weighted by Gasteiger charge is 2.28. The Balaban J connectivity index is 2.44. The summed E-state index contributed by atoms with van der Waals surface area (Å²) in [6, 6.07) is -0.0504. The molecule has 0 aromatic carbocycles. The third-order valence-corrected chi connectivity index (χ3v) is 2.75. The molecule has 0 radical (unpaired) electrons. The molecule has 1 aliphatic rings. The van der Waals surface area contributed by atoms with Gasteiger partial charge in [0.15, 0.2) is 0 Å². The van der Waals surface area contributed by atoms with E-state index in [1.54, 1.807) is 0 Å². The van der Waals surface area contributed by atoms with Crippen molar-refractivity contribution < 1.29 is 4.79 Å². The molecule has 0 saturated heterocycles. The number of carbonyl (C=O) groups excluding carboxylic acids is 1. The van der Waals surface area contributed by atoms with Crippen LogP contribution in [0.1, 0.15) is 33.1 Å². The first kappa shape index (κ1) is 10.5. The van der Waals surface area contributed by atoms with Crippen LogP contribution in [0.5, 0.6) is 0 Å². The van der Waals surface area contributed by atoms with Gasteiger partial charge in [-0.3, -0.25) is 9.69 Å². The molecule has 1 atom stereocenters. The normalized spacial score (nSPS) is 19.0. The van der Waals surface area contributed by atoms with Gasteiger partial charge in [-0.1, -0.05) is 13.8 Å². The van der Waals surface area contributed by atoms with Crippen molar-refractivity contribution in [3.63, 3.8) is 0 Å². The van der Waals surface area contributed by atoms with Crippen molar-refractivity contribution >= 4 is 5.91 Å². The molecule has 1 unspecified atom stereocenters. The maximum absolute atomic E-state index is 11.1. The number of hydrogen-bond donors (Lipinski definition) is 1. The van der Waals surface area contributed by atoms with Gasteiger partial charge in [0, 0.05) is 6.54 Å². The Bertz CT molecular complexity index is 178. The van der Waals surface area contributed by atoms with Crippen LogP contribution in [0.25, 0.3) is 0 Å². The molecule has 3 nitrogen and oxygen atoms in total. The molecular formula is C10H20N2O. The van der Waals surface area contributed by atoms with Gasteiger partial charge in [-0.15, -0.1) is 0 Å². The SMILES string of the molecule is CCC(C(N)=O)N(CC)CC1CC1. The number of hydrogen-bond acceptors (Lipinski definition) is 2. The zero-order valence-corrected chi connectivity index (χ0v) is 8.62. The Morgan fingerprint density at radius 2 is 2.15 bits per heavy atom. The number of carbonyl (C=O) groups is 1. The van der Waals surface area contributed by atoms with Crippen LogP contribution in [0, 0.1) is 5.92 Å². The Hall–Kier alpha value is -0.570. The van der Waals surface area contributed by atoms with E-state index in [4.69, 9.17) is 5.73 Å². The van der Waals surface area contributed by atoms with Gasteiger partial charge in [0.05, 0.1) is 6.04 Å². The average Bonchev–Trinajstić information content (AvgIpc) is 2.87. The Morgan fingerprint density at radius 1 is 1.54 bits per heavy atom. The minimum Gasteiger partial charge on any atom is -0.368 e. The van der Waals surface area contributed by atoms with E-state index in [1.807, 2.05) is 6.92 Å². The average molecular weight is 184 g/mol. The van der Waals surface area contributed by atoms with E-state index in [-0.39, 0.29) is 11.9 Å². The topological polar surface area (TPSA) is 46.3 Å². The highest BCUT2D eigenvalue weighted by molar-refractivity contribution is 5.79. The summed E-state index contributed by atoms with van der Waals surface area (Å²) in [4.78, 5) is 13.3. The third kappa shape index (κ3) is 2.99. The van der Waals surface area contributed by atoms with Gasteiger partial charge in [0.1, 0.15) is 0 Å². The van der Waals surface area contributed by atoms with Crippen molar-refractivity contribution in [3.05, 3.63) is 0 Å². The quantitative estimate of drug-likeness (QED) is 0.669. The first-order valence-corrected chi connectivity index (χ1v) is 5.22. The highest BCUT2D eigenvalue weighted by atomic mass is 16.1. The van der Waals surface area contributed by atoms with Crippen molar-refractivity contribution in [2.75, 3.05) is 13.1 Å². The van der Waals surface area contributed by atoms with Gasteiger partial charge in [0.25, 0.3) is 0 Å². The van der Waals surface area contributed by atoms with Crippen LogP contribution >= 0.6 is 0 Å². The summed E-state index contributed by atoms with van der Waals surface area (Å²) in [6.45, 7) is 6.09. The lowest BCUT2D eigenvalue weighted by molar-refractivity contribution is -0.123. The van der Waals surface area contributed by atoms with Crippen molar-refractivity contribution in [2.24, 2.45) is 11.7 Å². The van der Waals surface area contributed by atoms with Crippen LogP contribution in [0.3, 0.4) is 0 Å². The zero-order valence-electron chi connectivity index (χ0n) is 8.62. The van der Waals surface area contributed by atoms with Crippen LogP contribution in [-0.2, 0) is 4.79 Å². The van der Waals surface area contributed by atoms with E-state index in [1.165, 1.54) is 12.8 Å². The molecule has 1 fully saturated rings. The smallest absolute Gasteiger partial charge is 0.234 e. The van der Waals surface area contributed by atoms with Crippen LogP contribution in [0.4, 0.5) is 0 Å². The molecule has 1 aliphatic carbocycles. The largest absolute Gasteiger partial charge is 0.368 e. The molecule has 0 aromatic heterocycles. The second kappa shape index (κ2) is 4.61. The molecule has 1 amide bonds. The fourth-order valence-corrected chi connectivity index (χ4v) is 1.75. The first-order chi connectivity index (χ1) is 6.19.